The maximum Gasteiger partial charge on any atom is 0.251 e. The normalized spacial score (nSPS) is 38.0. The lowest BCUT2D eigenvalue weighted by molar-refractivity contribution is -0.0769. The maximum atomic E-state index is 15.0. The number of alkyl halides is 1. The van der Waals surface area contributed by atoms with Gasteiger partial charge >= 0.3 is 0 Å². The van der Waals surface area contributed by atoms with Gasteiger partial charge in [0.2, 0.25) is 0 Å². The minimum Gasteiger partial charge on any atom is -0.352 e. The fourth-order valence-corrected chi connectivity index (χ4v) is 7.88. The SMILES string of the molecule is O=C(NC[C@H]1CCN(CC23CC4CC(CC(C4)C2)C3)C[C@H]1F)c1cc(Cl)cc(Cl)c1. The zero-order chi connectivity index (χ0) is 20.9. The van der Waals surface area contributed by atoms with Crippen molar-refractivity contribution in [1.82, 2.24) is 10.2 Å². The molecule has 164 valence electrons. The quantitative estimate of drug-likeness (QED) is 0.630. The number of carbonyl (C=O) groups excluding carboxylic acids is 1. The van der Waals surface area contributed by atoms with Crippen LogP contribution in [0.15, 0.2) is 18.2 Å². The third kappa shape index (κ3) is 4.38. The van der Waals surface area contributed by atoms with E-state index in [-0.39, 0.29) is 11.8 Å². The zero-order valence-corrected chi connectivity index (χ0v) is 18.9. The summed E-state index contributed by atoms with van der Waals surface area (Å²) in [6.45, 7) is 2.88. The topological polar surface area (TPSA) is 32.3 Å². The molecule has 0 radical (unpaired) electrons. The van der Waals surface area contributed by atoms with Gasteiger partial charge in [-0.1, -0.05) is 23.2 Å². The van der Waals surface area contributed by atoms with Crippen molar-refractivity contribution in [2.24, 2.45) is 29.1 Å². The van der Waals surface area contributed by atoms with Gasteiger partial charge < -0.3 is 5.32 Å². The molecule has 4 saturated carbocycles. The van der Waals surface area contributed by atoms with Gasteiger partial charge in [0.15, 0.2) is 0 Å². The second kappa shape index (κ2) is 8.26. The molecule has 30 heavy (non-hydrogen) atoms. The number of carbonyl (C=O) groups is 1. The summed E-state index contributed by atoms with van der Waals surface area (Å²) in [5, 5.41) is 3.73. The molecule has 1 aromatic carbocycles. The molecule has 5 fully saturated rings. The molecule has 1 aromatic rings. The van der Waals surface area contributed by atoms with Gasteiger partial charge in [0.25, 0.3) is 5.91 Å². The van der Waals surface area contributed by atoms with Crippen molar-refractivity contribution in [2.75, 3.05) is 26.2 Å². The van der Waals surface area contributed by atoms with Crippen LogP contribution in [0.25, 0.3) is 0 Å². The third-order valence-corrected chi connectivity index (χ3v) is 8.57. The van der Waals surface area contributed by atoms with Crippen LogP contribution in [-0.4, -0.2) is 43.2 Å². The zero-order valence-electron chi connectivity index (χ0n) is 17.4. The highest BCUT2D eigenvalue weighted by atomic mass is 35.5. The minimum atomic E-state index is -0.893. The van der Waals surface area contributed by atoms with Gasteiger partial charge in [-0.2, -0.15) is 0 Å². The molecule has 1 N–H and O–H groups in total. The summed E-state index contributed by atoms with van der Waals surface area (Å²) in [5.74, 6) is 2.43. The fourth-order valence-electron chi connectivity index (χ4n) is 7.36. The van der Waals surface area contributed by atoms with Crippen LogP contribution in [0.5, 0.6) is 0 Å². The third-order valence-electron chi connectivity index (χ3n) is 8.13. The van der Waals surface area contributed by atoms with Crippen LogP contribution in [0, 0.1) is 29.1 Å². The summed E-state index contributed by atoms with van der Waals surface area (Å²) in [6, 6.07) is 4.77. The van der Waals surface area contributed by atoms with Crippen molar-refractivity contribution in [3.63, 3.8) is 0 Å². The van der Waals surface area contributed by atoms with Crippen LogP contribution in [0.1, 0.15) is 55.3 Å². The Hall–Kier alpha value is -0.840. The van der Waals surface area contributed by atoms with Crippen molar-refractivity contribution in [3.8, 4) is 0 Å². The number of likely N-dealkylation sites (tertiary alicyclic amines) is 1. The summed E-state index contributed by atoms with van der Waals surface area (Å²) in [4.78, 5) is 14.8. The number of amides is 1. The number of hydrogen-bond acceptors (Lipinski definition) is 2. The molecule has 1 saturated heterocycles. The Morgan fingerprint density at radius 2 is 1.67 bits per heavy atom. The average Bonchev–Trinajstić information content (AvgIpc) is 2.65. The van der Waals surface area contributed by atoms with Gasteiger partial charge in [-0.05, 0) is 92.9 Å². The second-order valence-electron chi connectivity index (χ2n) is 10.6. The van der Waals surface area contributed by atoms with E-state index < -0.39 is 6.17 Å². The molecule has 6 heteroatoms. The van der Waals surface area contributed by atoms with E-state index in [1.807, 2.05) is 0 Å². The lowest BCUT2D eigenvalue weighted by atomic mass is 9.49. The molecule has 6 rings (SSSR count). The molecular weight excluding hydrogens is 422 g/mol. The number of hydrogen-bond donors (Lipinski definition) is 1. The average molecular weight is 453 g/mol. The molecule has 3 nitrogen and oxygen atoms in total. The van der Waals surface area contributed by atoms with Crippen LogP contribution in [0.4, 0.5) is 4.39 Å². The van der Waals surface area contributed by atoms with Crippen LogP contribution < -0.4 is 5.32 Å². The maximum absolute atomic E-state index is 15.0. The first-order chi connectivity index (χ1) is 14.4. The van der Waals surface area contributed by atoms with Gasteiger partial charge in [0.05, 0.1) is 0 Å². The molecule has 2 atom stereocenters. The number of halogens is 3. The van der Waals surface area contributed by atoms with Crippen molar-refractivity contribution < 1.29 is 9.18 Å². The molecule has 1 aliphatic heterocycles. The number of nitrogens with zero attached hydrogens (tertiary/aromatic N) is 1. The van der Waals surface area contributed by atoms with E-state index in [1.165, 1.54) is 38.5 Å². The highest BCUT2D eigenvalue weighted by Gasteiger charge is 2.51. The van der Waals surface area contributed by atoms with Gasteiger partial charge in [-0.15, -0.1) is 0 Å². The largest absolute Gasteiger partial charge is 0.352 e. The molecule has 1 amide bonds. The van der Waals surface area contributed by atoms with Crippen molar-refractivity contribution >= 4 is 29.1 Å². The molecule has 5 aliphatic rings. The number of benzene rings is 1. The Morgan fingerprint density at radius 3 is 2.23 bits per heavy atom. The van der Waals surface area contributed by atoms with E-state index in [2.05, 4.69) is 10.2 Å². The molecule has 4 aliphatic carbocycles. The van der Waals surface area contributed by atoms with E-state index in [1.54, 1.807) is 18.2 Å². The van der Waals surface area contributed by atoms with E-state index in [4.69, 9.17) is 23.2 Å². The Morgan fingerprint density at radius 1 is 1.07 bits per heavy atom. The predicted molar refractivity (Wildman–Crippen MR) is 119 cm³/mol. The van der Waals surface area contributed by atoms with Crippen LogP contribution >= 0.6 is 23.2 Å². The van der Waals surface area contributed by atoms with E-state index >= 15 is 4.39 Å². The summed E-state index contributed by atoms with van der Waals surface area (Å²) in [6.07, 6.45) is 8.36. The first kappa shape index (κ1) is 21.0. The molecule has 4 bridgehead atoms. The van der Waals surface area contributed by atoms with Gasteiger partial charge in [-0.3, -0.25) is 9.69 Å². The summed E-state index contributed by atoms with van der Waals surface area (Å²) >= 11 is 12.0. The Kier molecular flexibility index (Phi) is 5.79. The smallest absolute Gasteiger partial charge is 0.251 e. The fraction of sp³-hybridized carbons (Fsp3) is 0.708. The van der Waals surface area contributed by atoms with Crippen molar-refractivity contribution in [3.05, 3.63) is 33.8 Å². The first-order valence-electron chi connectivity index (χ1n) is 11.5. The Balaban J connectivity index is 1.13. The molecule has 1 heterocycles. The Bertz CT molecular complexity index is 761. The number of rotatable bonds is 5. The summed E-state index contributed by atoms with van der Waals surface area (Å²) in [7, 11) is 0. The van der Waals surface area contributed by atoms with Gasteiger partial charge in [0.1, 0.15) is 6.17 Å². The summed E-state index contributed by atoms with van der Waals surface area (Å²) < 4.78 is 15.0. The molecular formula is C24H31Cl2FN2O. The number of nitrogens with one attached hydrogen (secondary N) is 1. The summed E-state index contributed by atoms with van der Waals surface area (Å²) in [5.41, 5.74) is 0.878. The second-order valence-corrected chi connectivity index (χ2v) is 11.5. The highest BCUT2D eigenvalue weighted by Crippen LogP contribution is 2.60. The highest BCUT2D eigenvalue weighted by molar-refractivity contribution is 6.35. The van der Waals surface area contributed by atoms with Gasteiger partial charge in [-0.25, -0.2) is 4.39 Å². The molecule has 0 aromatic heterocycles. The monoisotopic (exact) mass is 452 g/mol. The standard InChI is InChI=1S/C24H31Cl2FN2O/c25-20-6-19(7-21(26)8-20)23(30)28-12-18-1-2-29(13-22(18)27)14-24-9-15-3-16(10-24)5-17(4-15)11-24/h6-8,15-18,22H,1-5,9-14H2,(H,28,30)/t15?,16?,17?,18-,22-,24?/m1/s1. The van der Waals surface area contributed by atoms with E-state index in [0.29, 0.717) is 34.1 Å². The van der Waals surface area contributed by atoms with Crippen molar-refractivity contribution in [2.45, 2.75) is 51.1 Å². The van der Waals surface area contributed by atoms with Gasteiger partial charge in [0, 0.05) is 41.2 Å². The minimum absolute atomic E-state index is 0.129. The van der Waals surface area contributed by atoms with Crippen LogP contribution in [0.2, 0.25) is 10.0 Å². The van der Waals surface area contributed by atoms with Crippen molar-refractivity contribution in [1.29, 1.82) is 0 Å². The van der Waals surface area contributed by atoms with Crippen LogP contribution in [-0.2, 0) is 0 Å². The Labute approximate surface area is 188 Å². The van der Waals surface area contributed by atoms with E-state index in [0.717, 1.165) is 37.3 Å². The predicted octanol–water partition coefficient (Wildman–Crippen LogP) is 5.60. The van der Waals surface area contributed by atoms with E-state index in [9.17, 15) is 4.79 Å². The molecule has 0 spiro atoms. The molecule has 0 unspecified atom stereocenters. The van der Waals surface area contributed by atoms with Crippen LogP contribution in [0.3, 0.4) is 0 Å². The first-order valence-corrected chi connectivity index (χ1v) is 12.2. The lowest BCUT2D eigenvalue weighted by Gasteiger charge is -2.58. The number of piperidine rings is 1. The lowest BCUT2D eigenvalue weighted by Crippen LogP contribution is -2.54.